The molecular weight excluding hydrogens is 370 g/mol. The van der Waals surface area contributed by atoms with E-state index < -0.39 is 29.8 Å². The van der Waals surface area contributed by atoms with Gasteiger partial charge in [0, 0.05) is 12.5 Å². The Balaban J connectivity index is 2.11. The lowest BCUT2D eigenvalue weighted by Crippen LogP contribution is -2.53. The van der Waals surface area contributed by atoms with E-state index in [1.165, 1.54) is 18.4 Å². The largest absolute Gasteiger partial charge is 0.465 e. The Labute approximate surface area is 170 Å². The zero-order chi connectivity index (χ0) is 21.2. The number of amides is 3. The molecule has 0 spiro atoms. The molecule has 2 aromatic rings. The Kier molecular flexibility index (Phi) is 8.21. The number of carbonyl (C=O) groups excluding carboxylic acids is 3. The van der Waals surface area contributed by atoms with Crippen LogP contribution in [0.3, 0.4) is 0 Å². The molecule has 154 valence electrons. The second-order valence-corrected chi connectivity index (χ2v) is 7.19. The number of furan rings is 1. The molecule has 7 heteroatoms. The standard InChI is InChI=1S/C22H27N3O4/c1-15(2)13-18(21(23)27)25-22(28)19(14-16-7-4-3-5-8-16)24-20(26)11-10-17-9-6-12-29-17/h3-12,15,18-19H,13-14H2,1-2H3,(H2,23,27)(H,24,26)(H,25,28). The number of nitrogens with one attached hydrogen (secondary N) is 2. The van der Waals surface area contributed by atoms with Gasteiger partial charge in [-0.2, -0.15) is 0 Å². The summed E-state index contributed by atoms with van der Waals surface area (Å²) in [5.74, 6) is -0.814. The Bertz CT molecular complexity index is 829. The van der Waals surface area contributed by atoms with Crippen molar-refractivity contribution < 1.29 is 18.8 Å². The maximum absolute atomic E-state index is 12.8. The quantitative estimate of drug-likeness (QED) is 0.532. The summed E-state index contributed by atoms with van der Waals surface area (Å²) in [6.45, 7) is 3.87. The van der Waals surface area contributed by atoms with E-state index in [1.54, 1.807) is 12.1 Å². The molecule has 0 bridgehead atoms. The number of hydrogen-bond donors (Lipinski definition) is 3. The van der Waals surface area contributed by atoms with Crippen LogP contribution < -0.4 is 16.4 Å². The van der Waals surface area contributed by atoms with Crippen molar-refractivity contribution in [1.82, 2.24) is 10.6 Å². The van der Waals surface area contributed by atoms with Gasteiger partial charge in [-0.1, -0.05) is 44.2 Å². The van der Waals surface area contributed by atoms with Gasteiger partial charge < -0.3 is 20.8 Å². The molecule has 2 unspecified atom stereocenters. The summed E-state index contributed by atoms with van der Waals surface area (Å²) in [4.78, 5) is 36.9. The SMILES string of the molecule is CC(C)CC(NC(=O)C(Cc1ccccc1)NC(=O)C=Cc1ccco1)C(N)=O. The fourth-order valence-corrected chi connectivity index (χ4v) is 2.81. The minimum Gasteiger partial charge on any atom is -0.465 e. The first kappa shape index (κ1) is 21.9. The summed E-state index contributed by atoms with van der Waals surface area (Å²) < 4.78 is 5.15. The van der Waals surface area contributed by atoms with E-state index in [2.05, 4.69) is 10.6 Å². The van der Waals surface area contributed by atoms with Crippen molar-refractivity contribution in [1.29, 1.82) is 0 Å². The van der Waals surface area contributed by atoms with Crippen molar-refractivity contribution in [2.45, 2.75) is 38.8 Å². The van der Waals surface area contributed by atoms with E-state index in [-0.39, 0.29) is 12.3 Å². The lowest BCUT2D eigenvalue weighted by molar-refractivity contribution is -0.130. The lowest BCUT2D eigenvalue weighted by Gasteiger charge is -2.22. The first-order valence-electron chi connectivity index (χ1n) is 9.51. The molecule has 0 fully saturated rings. The Morgan fingerprint density at radius 1 is 1.03 bits per heavy atom. The number of hydrogen-bond acceptors (Lipinski definition) is 4. The topological polar surface area (TPSA) is 114 Å². The third kappa shape index (κ3) is 7.65. The van der Waals surface area contributed by atoms with E-state index in [1.807, 2.05) is 44.2 Å². The molecule has 4 N–H and O–H groups in total. The minimum atomic E-state index is -0.861. The number of primary amides is 1. The van der Waals surface area contributed by atoms with Crippen LogP contribution in [0.4, 0.5) is 0 Å². The van der Waals surface area contributed by atoms with Crippen molar-refractivity contribution >= 4 is 23.8 Å². The van der Waals surface area contributed by atoms with Gasteiger partial charge in [0.1, 0.15) is 17.8 Å². The summed E-state index contributed by atoms with van der Waals surface area (Å²) in [5, 5.41) is 5.37. The zero-order valence-electron chi connectivity index (χ0n) is 16.6. The Hall–Kier alpha value is -3.35. The first-order valence-corrected chi connectivity index (χ1v) is 9.51. The number of nitrogens with two attached hydrogens (primary N) is 1. The predicted molar refractivity (Wildman–Crippen MR) is 110 cm³/mol. The van der Waals surface area contributed by atoms with Gasteiger partial charge in [0.2, 0.25) is 17.7 Å². The van der Waals surface area contributed by atoms with Crippen LogP contribution >= 0.6 is 0 Å². The fourth-order valence-electron chi connectivity index (χ4n) is 2.81. The molecule has 1 heterocycles. The molecule has 0 aliphatic heterocycles. The third-order valence-corrected chi connectivity index (χ3v) is 4.22. The second kappa shape index (κ2) is 10.8. The predicted octanol–water partition coefficient (Wildman–Crippen LogP) is 2.04. The molecule has 0 saturated carbocycles. The highest BCUT2D eigenvalue weighted by atomic mass is 16.3. The molecule has 0 aliphatic rings. The van der Waals surface area contributed by atoms with Gasteiger partial charge in [0.25, 0.3) is 0 Å². The van der Waals surface area contributed by atoms with Crippen LogP contribution in [-0.4, -0.2) is 29.8 Å². The molecular formula is C22H27N3O4. The number of rotatable bonds is 10. The summed E-state index contributed by atoms with van der Waals surface area (Å²) in [6, 6.07) is 11.1. The highest BCUT2D eigenvalue weighted by molar-refractivity contribution is 5.96. The highest BCUT2D eigenvalue weighted by Gasteiger charge is 2.26. The third-order valence-electron chi connectivity index (χ3n) is 4.22. The maximum atomic E-state index is 12.8. The average Bonchev–Trinajstić information content (AvgIpc) is 3.19. The van der Waals surface area contributed by atoms with Crippen LogP contribution in [0.2, 0.25) is 0 Å². The smallest absolute Gasteiger partial charge is 0.244 e. The van der Waals surface area contributed by atoms with Crippen molar-refractivity contribution in [2.75, 3.05) is 0 Å². The van der Waals surface area contributed by atoms with Crippen molar-refractivity contribution in [2.24, 2.45) is 11.7 Å². The van der Waals surface area contributed by atoms with Crippen LogP contribution in [-0.2, 0) is 20.8 Å². The van der Waals surface area contributed by atoms with Crippen molar-refractivity contribution in [3.8, 4) is 0 Å². The van der Waals surface area contributed by atoms with Gasteiger partial charge >= 0.3 is 0 Å². The minimum absolute atomic E-state index is 0.172. The van der Waals surface area contributed by atoms with Gasteiger partial charge in [-0.05, 0) is 36.1 Å². The first-order chi connectivity index (χ1) is 13.8. The van der Waals surface area contributed by atoms with Crippen LogP contribution in [0.15, 0.2) is 59.2 Å². The summed E-state index contributed by atoms with van der Waals surface area (Å²) in [7, 11) is 0. The second-order valence-electron chi connectivity index (χ2n) is 7.19. The fraction of sp³-hybridized carbons (Fsp3) is 0.318. The molecule has 2 atom stereocenters. The van der Waals surface area contributed by atoms with Gasteiger partial charge in [0.15, 0.2) is 0 Å². The van der Waals surface area contributed by atoms with E-state index in [4.69, 9.17) is 10.2 Å². The molecule has 1 aromatic heterocycles. The average molecular weight is 397 g/mol. The molecule has 1 aromatic carbocycles. The van der Waals surface area contributed by atoms with Gasteiger partial charge in [0.05, 0.1) is 6.26 Å². The van der Waals surface area contributed by atoms with Gasteiger partial charge in [-0.3, -0.25) is 14.4 Å². The van der Waals surface area contributed by atoms with Crippen LogP contribution in [0, 0.1) is 5.92 Å². The zero-order valence-corrected chi connectivity index (χ0v) is 16.6. The van der Waals surface area contributed by atoms with Crippen LogP contribution in [0.1, 0.15) is 31.6 Å². The molecule has 0 radical (unpaired) electrons. The normalized spacial score (nSPS) is 13.2. The highest BCUT2D eigenvalue weighted by Crippen LogP contribution is 2.08. The summed E-state index contributed by atoms with van der Waals surface area (Å²) >= 11 is 0. The Morgan fingerprint density at radius 3 is 2.34 bits per heavy atom. The van der Waals surface area contributed by atoms with E-state index in [9.17, 15) is 14.4 Å². The molecule has 7 nitrogen and oxygen atoms in total. The van der Waals surface area contributed by atoms with E-state index in [0.29, 0.717) is 12.2 Å². The van der Waals surface area contributed by atoms with Gasteiger partial charge in [-0.15, -0.1) is 0 Å². The maximum Gasteiger partial charge on any atom is 0.244 e. The molecule has 3 amide bonds. The van der Waals surface area contributed by atoms with Crippen LogP contribution in [0.25, 0.3) is 6.08 Å². The molecule has 0 aliphatic carbocycles. The van der Waals surface area contributed by atoms with Crippen molar-refractivity contribution in [3.63, 3.8) is 0 Å². The number of carbonyl (C=O) groups is 3. The van der Waals surface area contributed by atoms with Crippen molar-refractivity contribution in [3.05, 3.63) is 66.1 Å². The molecule has 29 heavy (non-hydrogen) atoms. The Morgan fingerprint density at radius 2 is 1.76 bits per heavy atom. The number of benzene rings is 1. The summed E-state index contributed by atoms with van der Waals surface area (Å²) in [6.07, 6.45) is 5.01. The lowest BCUT2D eigenvalue weighted by atomic mass is 10.0. The molecule has 2 rings (SSSR count). The summed E-state index contributed by atoms with van der Waals surface area (Å²) in [5.41, 5.74) is 6.30. The van der Waals surface area contributed by atoms with E-state index >= 15 is 0 Å². The van der Waals surface area contributed by atoms with Gasteiger partial charge in [-0.25, -0.2) is 0 Å². The monoisotopic (exact) mass is 397 g/mol. The van der Waals surface area contributed by atoms with Crippen LogP contribution in [0.5, 0.6) is 0 Å². The molecule has 0 saturated heterocycles. The van der Waals surface area contributed by atoms with E-state index in [0.717, 1.165) is 5.56 Å².